The molecule has 0 spiro atoms. The van der Waals surface area contributed by atoms with E-state index in [0.29, 0.717) is 22.8 Å². The molecule has 4 N–H and O–H groups in total. The number of nitrogens with zero attached hydrogens (tertiary/aromatic N) is 5. The molecule has 1 aliphatic rings. The second-order valence-electron chi connectivity index (χ2n) is 8.31. The summed E-state index contributed by atoms with van der Waals surface area (Å²) in [7, 11) is 0. The molecule has 1 atom stereocenters. The van der Waals surface area contributed by atoms with Gasteiger partial charge < -0.3 is 25.5 Å². The van der Waals surface area contributed by atoms with Gasteiger partial charge in [0.1, 0.15) is 11.6 Å². The molecule has 34 heavy (non-hydrogen) atoms. The van der Waals surface area contributed by atoms with Gasteiger partial charge >= 0.3 is 0 Å². The zero-order valence-electron chi connectivity index (χ0n) is 18.5. The van der Waals surface area contributed by atoms with Crippen LogP contribution in [0.3, 0.4) is 0 Å². The highest BCUT2D eigenvalue weighted by molar-refractivity contribution is 5.99. The molecule has 11 heteroatoms. The number of pyridine rings is 1. The number of rotatable bonds is 7. The number of aliphatic hydroxyl groups is 1. The monoisotopic (exact) mass is 458 g/mol. The molecular formula is C23H22N8O3. The summed E-state index contributed by atoms with van der Waals surface area (Å²) >= 11 is 0. The van der Waals surface area contributed by atoms with Crippen molar-refractivity contribution in [3.05, 3.63) is 71.9 Å². The molecule has 172 valence electrons. The van der Waals surface area contributed by atoms with Crippen molar-refractivity contribution in [1.29, 1.82) is 0 Å². The third-order valence-corrected chi connectivity index (χ3v) is 5.56. The Morgan fingerprint density at radius 2 is 1.94 bits per heavy atom. The van der Waals surface area contributed by atoms with Crippen molar-refractivity contribution in [2.75, 3.05) is 17.2 Å². The van der Waals surface area contributed by atoms with Gasteiger partial charge in [0.05, 0.1) is 29.3 Å². The number of benzene rings is 1. The van der Waals surface area contributed by atoms with Gasteiger partial charge in [-0.25, -0.2) is 9.97 Å². The fourth-order valence-electron chi connectivity index (χ4n) is 3.84. The third kappa shape index (κ3) is 4.04. The van der Waals surface area contributed by atoms with Gasteiger partial charge in [0.25, 0.3) is 11.8 Å². The molecule has 1 unspecified atom stereocenters. The first-order chi connectivity index (χ1) is 16.4. The molecule has 0 fully saturated rings. The minimum atomic E-state index is -0.509. The van der Waals surface area contributed by atoms with Crippen LogP contribution in [0.25, 0.3) is 11.5 Å². The van der Waals surface area contributed by atoms with Gasteiger partial charge in [-0.2, -0.15) is 4.98 Å². The second-order valence-corrected chi connectivity index (χ2v) is 8.31. The number of aromatic nitrogens is 5. The number of amides is 1. The van der Waals surface area contributed by atoms with Gasteiger partial charge in [-0.15, -0.1) is 10.2 Å². The molecule has 1 amide bonds. The maximum absolute atomic E-state index is 12.1. The van der Waals surface area contributed by atoms with E-state index in [2.05, 4.69) is 41.1 Å². The van der Waals surface area contributed by atoms with Crippen LogP contribution in [0.4, 0.5) is 17.6 Å². The van der Waals surface area contributed by atoms with Crippen molar-refractivity contribution in [2.24, 2.45) is 0 Å². The fraction of sp³-hybridized carbons (Fsp3) is 0.217. The lowest BCUT2D eigenvalue weighted by Gasteiger charge is -2.20. The summed E-state index contributed by atoms with van der Waals surface area (Å²) in [5.74, 6) is 1.23. The fourth-order valence-corrected chi connectivity index (χ4v) is 3.84. The van der Waals surface area contributed by atoms with Crippen molar-refractivity contribution in [3.8, 4) is 11.5 Å². The van der Waals surface area contributed by atoms with Crippen LogP contribution in [-0.4, -0.2) is 42.8 Å². The van der Waals surface area contributed by atoms with Crippen LogP contribution in [0, 0.1) is 0 Å². The molecule has 4 heterocycles. The second kappa shape index (κ2) is 8.52. The first-order valence-corrected chi connectivity index (χ1v) is 10.6. The van der Waals surface area contributed by atoms with Crippen molar-refractivity contribution in [1.82, 2.24) is 30.5 Å². The Balaban J connectivity index is 1.48. The summed E-state index contributed by atoms with van der Waals surface area (Å²) in [6.07, 6.45) is 4.30. The third-order valence-electron chi connectivity index (χ3n) is 5.56. The SMILES string of the molecule is CC1(C)NC(=O)c2cnc(Nc3ncc(-c4nnco4)c(NC(CO)c4ccccc4)n3)cc21. The van der Waals surface area contributed by atoms with Gasteiger partial charge in [-0.05, 0) is 31.0 Å². The number of carbonyl (C=O) groups is 1. The molecule has 0 bridgehead atoms. The Morgan fingerprint density at radius 3 is 2.68 bits per heavy atom. The quantitative estimate of drug-likeness (QED) is 0.325. The number of nitrogens with one attached hydrogen (secondary N) is 3. The van der Waals surface area contributed by atoms with Crippen LogP contribution < -0.4 is 16.0 Å². The predicted molar refractivity (Wildman–Crippen MR) is 123 cm³/mol. The van der Waals surface area contributed by atoms with Crippen LogP contribution in [0.1, 0.15) is 41.4 Å². The van der Waals surface area contributed by atoms with E-state index in [-0.39, 0.29) is 24.4 Å². The Kier molecular flexibility index (Phi) is 5.38. The average molecular weight is 458 g/mol. The summed E-state index contributed by atoms with van der Waals surface area (Å²) in [6, 6.07) is 10.9. The molecule has 1 aliphatic heterocycles. The van der Waals surface area contributed by atoms with E-state index in [1.165, 1.54) is 12.6 Å². The Labute approximate surface area is 194 Å². The van der Waals surface area contributed by atoms with Crippen LogP contribution >= 0.6 is 0 Å². The van der Waals surface area contributed by atoms with Gasteiger partial charge in [-0.3, -0.25) is 4.79 Å². The Hall–Kier alpha value is -4.38. The average Bonchev–Trinajstić information content (AvgIpc) is 3.44. The van der Waals surface area contributed by atoms with Crippen LogP contribution in [0.15, 0.2) is 59.6 Å². The van der Waals surface area contributed by atoms with Crippen LogP contribution in [0.5, 0.6) is 0 Å². The molecule has 0 aliphatic carbocycles. The molecule has 11 nitrogen and oxygen atoms in total. The van der Waals surface area contributed by atoms with E-state index in [1.807, 2.05) is 44.2 Å². The van der Waals surface area contributed by atoms with E-state index in [4.69, 9.17) is 4.42 Å². The lowest BCUT2D eigenvalue weighted by Crippen LogP contribution is -2.32. The number of anilines is 3. The number of hydrogen-bond acceptors (Lipinski definition) is 10. The van der Waals surface area contributed by atoms with E-state index in [1.54, 1.807) is 12.3 Å². The largest absolute Gasteiger partial charge is 0.423 e. The Morgan fingerprint density at radius 1 is 1.15 bits per heavy atom. The number of carbonyl (C=O) groups excluding carboxylic acids is 1. The maximum atomic E-state index is 12.1. The standard InChI is InChI=1S/C23H22N8O3/c1-23(2)16-8-18(24-9-14(16)20(33)30-23)28-22-25-10-15(21-31-26-12-34-21)19(29-22)27-17(11-32)13-6-4-3-5-7-13/h3-10,12,17,32H,11H2,1-2H3,(H,30,33)(H2,24,25,27,28,29). The molecule has 4 aromatic rings. The molecule has 5 rings (SSSR count). The van der Waals surface area contributed by atoms with Crippen molar-refractivity contribution < 1.29 is 14.3 Å². The van der Waals surface area contributed by atoms with Crippen molar-refractivity contribution >= 4 is 23.5 Å². The molecule has 1 aromatic carbocycles. The number of aliphatic hydroxyl groups excluding tert-OH is 1. The molecule has 3 aromatic heterocycles. The van der Waals surface area contributed by atoms with E-state index >= 15 is 0 Å². The number of fused-ring (bicyclic) bond motifs is 1. The highest BCUT2D eigenvalue weighted by Crippen LogP contribution is 2.33. The van der Waals surface area contributed by atoms with Gasteiger partial charge in [0.2, 0.25) is 12.3 Å². The first kappa shape index (κ1) is 21.5. The summed E-state index contributed by atoms with van der Waals surface area (Å²) < 4.78 is 5.35. The molecule has 0 saturated heterocycles. The predicted octanol–water partition coefficient (Wildman–Crippen LogP) is 2.79. The van der Waals surface area contributed by atoms with E-state index < -0.39 is 11.6 Å². The normalized spacial score (nSPS) is 14.9. The minimum absolute atomic E-state index is 0.151. The van der Waals surface area contributed by atoms with Crippen molar-refractivity contribution in [2.45, 2.75) is 25.4 Å². The van der Waals surface area contributed by atoms with E-state index in [9.17, 15) is 9.90 Å². The molecule has 0 radical (unpaired) electrons. The van der Waals surface area contributed by atoms with E-state index in [0.717, 1.165) is 11.1 Å². The zero-order valence-corrected chi connectivity index (χ0v) is 18.5. The maximum Gasteiger partial charge on any atom is 0.253 e. The molecular weight excluding hydrogens is 436 g/mol. The summed E-state index contributed by atoms with van der Waals surface area (Å²) in [5, 5.41) is 27.0. The topological polar surface area (TPSA) is 151 Å². The highest BCUT2D eigenvalue weighted by atomic mass is 16.4. The van der Waals surface area contributed by atoms with Gasteiger partial charge in [0.15, 0.2) is 0 Å². The lowest BCUT2D eigenvalue weighted by molar-refractivity contribution is 0.0940. The summed E-state index contributed by atoms with van der Waals surface area (Å²) in [6.45, 7) is 3.69. The zero-order chi connectivity index (χ0) is 23.7. The smallest absolute Gasteiger partial charge is 0.253 e. The van der Waals surface area contributed by atoms with Gasteiger partial charge in [-0.1, -0.05) is 30.3 Å². The minimum Gasteiger partial charge on any atom is -0.423 e. The number of hydrogen-bond donors (Lipinski definition) is 4. The first-order valence-electron chi connectivity index (χ1n) is 10.6. The van der Waals surface area contributed by atoms with Gasteiger partial charge in [0, 0.05) is 12.4 Å². The lowest BCUT2D eigenvalue weighted by atomic mass is 9.96. The Bertz CT molecular complexity index is 1330. The summed E-state index contributed by atoms with van der Waals surface area (Å²) in [4.78, 5) is 25.4. The van der Waals surface area contributed by atoms with Crippen molar-refractivity contribution in [3.63, 3.8) is 0 Å². The highest BCUT2D eigenvalue weighted by Gasteiger charge is 2.35. The molecule has 0 saturated carbocycles. The van der Waals surface area contributed by atoms with Crippen LogP contribution in [0.2, 0.25) is 0 Å². The van der Waals surface area contributed by atoms with Crippen LogP contribution in [-0.2, 0) is 5.54 Å². The summed E-state index contributed by atoms with van der Waals surface area (Å²) in [5.41, 5.74) is 2.23.